The molecule has 2 fully saturated rings. The number of nitrogens with one attached hydrogen (secondary N) is 2. The highest BCUT2D eigenvalue weighted by Crippen LogP contribution is 2.42. The molecule has 6 bridgehead atoms. The van der Waals surface area contributed by atoms with Crippen LogP contribution < -0.4 is 16.5 Å². The number of hydrazine groups is 1. The Morgan fingerprint density at radius 1 is 1.10 bits per heavy atom. The van der Waals surface area contributed by atoms with Crippen molar-refractivity contribution in [1.29, 1.82) is 0 Å². The number of fused-ring (bicyclic) bond motifs is 6. The second-order valence-electron chi connectivity index (χ2n) is 17.9. The lowest BCUT2D eigenvalue weighted by atomic mass is 9.84. The van der Waals surface area contributed by atoms with Crippen LogP contribution >= 0.6 is 92.3 Å². The van der Waals surface area contributed by atoms with Crippen molar-refractivity contribution >= 4 is 127 Å². The number of halogens is 1. The van der Waals surface area contributed by atoms with Gasteiger partial charge in [0.1, 0.15) is 24.3 Å². The smallest absolute Gasteiger partial charge is 0.324 e. The first-order valence-corrected chi connectivity index (χ1v) is 22.4. The zero-order chi connectivity index (χ0) is 44.6. The van der Waals surface area contributed by atoms with Crippen LogP contribution in [0, 0.1) is 11.3 Å². The number of thiazole rings is 1. The first kappa shape index (κ1) is 63.1. The van der Waals surface area contributed by atoms with Crippen LogP contribution in [0.4, 0.5) is 9.18 Å². The SMILES string of the molecule is CCn1c(-c2cccnc2[C@H](C)OC)c2c3cc(ccc31)-c1csc(n1)C[C@H](NC(=O)[C@H](C(C)C)N(C)C(=O)N1C[C@H](N)[C@@H](F)C1)C(=O)N1CCC[C@H](N1)C(=O)OCC(C)(C)C2.S.S.S.S.S.S. The van der Waals surface area contributed by atoms with E-state index in [1.807, 2.05) is 18.4 Å². The fraction of sp³-hybridized carbons (Fsp3) is 0.556. The van der Waals surface area contributed by atoms with Gasteiger partial charge in [0.05, 0.1) is 47.4 Å². The van der Waals surface area contributed by atoms with Gasteiger partial charge in [-0.15, -0.1) is 11.3 Å². The minimum Gasteiger partial charge on any atom is -0.464 e. The number of carbonyl (C=O) groups is 4. The number of hydrogen-bond acceptors (Lipinski definition) is 11. The number of urea groups is 1. The summed E-state index contributed by atoms with van der Waals surface area (Å²) in [5.41, 5.74) is 15.0. The summed E-state index contributed by atoms with van der Waals surface area (Å²) in [6, 6.07) is 6.12. The summed E-state index contributed by atoms with van der Waals surface area (Å²) in [5, 5.41) is 7.95. The molecule has 6 heterocycles. The summed E-state index contributed by atoms with van der Waals surface area (Å²) in [4.78, 5) is 68.6. The number of benzene rings is 1. The monoisotopic (exact) mass is 1080 g/mol. The van der Waals surface area contributed by atoms with Gasteiger partial charge in [0, 0.05) is 79.2 Å². The van der Waals surface area contributed by atoms with Crippen molar-refractivity contribution in [2.24, 2.45) is 17.1 Å². The topological polar surface area (TPSA) is 177 Å². The average molecular weight is 1080 g/mol. The molecule has 0 spiro atoms. The van der Waals surface area contributed by atoms with Crippen LogP contribution in [0.2, 0.25) is 0 Å². The van der Waals surface area contributed by atoms with E-state index in [4.69, 9.17) is 25.2 Å². The summed E-state index contributed by atoms with van der Waals surface area (Å²) in [5.74, 6) is -1.83. The van der Waals surface area contributed by atoms with Crippen LogP contribution in [-0.2, 0) is 43.2 Å². The third-order valence-corrected chi connectivity index (χ3v) is 13.2. The minimum atomic E-state index is -1.36. The summed E-state index contributed by atoms with van der Waals surface area (Å²) in [6.45, 7) is 12.9. The Morgan fingerprint density at radius 2 is 1.81 bits per heavy atom. The Balaban J connectivity index is 0.00000385. The van der Waals surface area contributed by atoms with E-state index in [9.17, 15) is 23.6 Å². The molecular formula is C45H72FN9O6S7. The first-order valence-electron chi connectivity index (χ1n) is 21.6. The second-order valence-corrected chi connectivity index (χ2v) is 18.9. The van der Waals surface area contributed by atoms with Crippen LogP contribution in [-0.4, -0.2) is 124 Å². The number of likely N-dealkylation sites (tertiary alicyclic amines) is 1. The third kappa shape index (κ3) is 13.3. The van der Waals surface area contributed by atoms with E-state index < -0.39 is 59.6 Å². The van der Waals surface area contributed by atoms with Crippen LogP contribution in [0.3, 0.4) is 0 Å². The van der Waals surface area contributed by atoms with Gasteiger partial charge in [-0.05, 0) is 68.9 Å². The molecule has 23 heteroatoms. The van der Waals surface area contributed by atoms with Crippen LogP contribution in [0.1, 0.15) is 76.8 Å². The molecule has 382 valence electrons. The fourth-order valence-corrected chi connectivity index (χ4v) is 9.88. The molecule has 15 nitrogen and oxygen atoms in total. The first-order chi connectivity index (χ1) is 29.5. The van der Waals surface area contributed by atoms with Crippen molar-refractivity contribution in [1.82, 2.24) is 40.1 Å². The largest absolute Gasteiger partial charge is 0.464 e. The van der Waals surface area contributed by atoms with E-state index in [1.54, 1.807) is 27.2 Å². The zero-order valence-corrected chi connectivity index (χ0v) is 46.8. The summed E-state index contributed by atoms with van der Waals surface area (Å²) in [7, 11) is 3.18. The molecule has 4 aromatic rings. The molecule has 4 N–H and O–H groups in total. The number of nitrogens with two attached hydrogens (primary N) is 1. The Kier molecular flexibility index (Phi) is 24.6. The van der Waals surface area contributed by atoms with Crippen LogP contribution in [0.25, 0.3) is 33.4 Å². The predicted molar refractivity (Wildman–Crippen MR) is 298 cm³/mol. The molecule has 68 heavy (non-hydrogen) atoms. The maximum absolute atomic E-state index is 14.5. The van der Waals surface area contributed by atoms with Crippen molar-refractivity contribution in [2.45, 2.75) is 110 Å². The van der Waals surface area contributed by atoms with E-state index in [0.717, 1.165) is 44.7 Å². The summed E-state index contributed by atoms with van der Waals surface area (Å²) >= 11 is 1.39. The molecule has 3 aromatic heterocycles. The molecule has 0 radical (unpaired) electrons. The third-order valence-electron chi connectivity index (χ3n) is 12.3. The number of methoxy groups -OCH3 is 1. The number of pyridine rings is 1. The highest BCUT2D eigenvalue weighted by Gasteiger charge is 2.41. The average Bonchev–Trinajstić information content (AvgIpc) is 3.95. The molecule has 2 saturated heterocycles. The standard InChI is InChI=1S/C45H60FN9O6S.6H2S/c1-9-54-36-15-14-27-18-29(36)30(40(54)28-12-10-16-48-38(28)26(4)60-8)20-45(5,6)24-61-43(58)33-13-11-17-55(51-33)42(57)34(19-37-49-35(27)23-62-37)50-41(56)39(25(2)3)52(7)44(59)53-21-31(46)32(47)22-53;;;;;;/h10,12,14-16,18,23,25-26,31-34,39,51H,9,11,13,17,19-22,24,47H2,1-8H3,(H,50,56);6*1H2/t26-,31-,32-,33-,34-,39-;;;;;;/m0....../s1. The van der Waals surface area contributed by atoms with Gasteiger partial charge in [-0.25, -0.2) is 19.6 Å². The van der Waals surface area contributed by atoms with Gasteiger partial charge >= 0.3 is 12.0 Å². The number of aryl methyl sites for hydroxylation is 1. The van der Waals surface area contributed by atoms with E-state index in [1.165, 1.54) is 33.2 Å². The Bertz CT molecular complexity index is 2330. The van der Waals surface area contributed by atoms with Gasteiger partial charge in [0.2, 0.25) is 5.91 Å². The molecule has 3 aliphatic rings. The highest BCUT2D eigenvalue weighted by molar-refractivity contribution is 7.60. The lowest BCUT2D eigenvalue weighted by Gasteiger charge is -2.37. The number of cyclic esters (lactones) is 1. The van der Waals surface area contributed by atoms with E-state index >= 15 is 0 Å². The normalized spacial score (nSPS) is 20.9. The predicted octanol–water partition coefficient (Wildman–Crippen LogP) is 5.94. The van der Waals surface area contributed by atoms with Gasteiger partial charge in [0.25, 0.3) is 5.91 Å². The fourth-order valence-electron chi connectivity index (χ4n) is 9.03. The number of alkyl halides is 1. The number of rotatable bonds is 8. The van der Waals surface area contributed by atoms with Gasteiger partial charge in [-0.1, -0.05) is 33.8 Å². The summed E-state index contributed by atoms with van der Waals surface area (Å²) in [6.07, 6.45) is 1.76. The maximum atomic E-state index is 14.5. The quantitative estimate of drug-likeness (QED) is 0.179. The van der Waals surface area contributed by atoms with E-state index in [-0.39, 0.29) is 119 Å². The maximum Gasteiger partial charge on any atom is 0.324 e. The van der Waals surface area contributed by atoms with Crippen molar-refractivity contribution < 1.29 is 33.0 Å². The number of aromatic nitrogens is 3. The number of hydrogen-bond donors (Lipinski definition) is 3. The molecule has 0 saturated carbocycles. The van der Waals surface area contributed by atoms with Crippen LogP contribution in [0.5, 0.6) is 0 Å². The Hall–Kier alpha value is -2.87. The lowest BCUT2D eigenvalue weighted by molar-refractivity contribution is -0.155. The van der Waals surface area contributed by atoms with Crippen LogP contribution in [0.15, 0.2) is 41.9 Å². The molecule has 4 amide bonds. The highest BCUT2D eigenvalue weighted by atomic mass is 32.1. The molecule has 3 aliphatic heterocycles. The van der Waals surface area contributed by atoms with E-state index in [0.29, 0.717) is 37.4 Å². The molecule has 7 rings (SSSR count). The van der Waals surface area contributed by atoms with Crippen molar-refractivity contribution in [2.75, 3.05) is 40.4 Å². The number of ether oxygens (including phenoxy) is 2. The number of likely N-dealkylation sites (N-methyl/N-ethyl adjacent to an activating group) is 1. The molecule has 0 unspecified atom stereocenters. The molecular weight excluding hydrogens is 1010 g/mol. The second kappa shape index (κ2) is 26.5. The van der Waals surface area contributed by atoms with Gasteiger partial charge in [-0.3, -0.25) is 24.4 Å². The number of amides is 4. The Morgan fingerprint density at radius 3 is 2.44 bits per heavy atom. The minimum absolute atomic E-state index is 0. The van der Waals surface area contributed by atoms with Crippen molar-refractivity contribution in [3.05, 3.63) is 58.2 Å². The van der Waals surface area contributed by atoms with Gasteiger partial charge in [0.15, 0.2) is 0 Å². The molecule has 1 aromatic carbocycles. The number of esters is 1. The number of nitrogens with zero attached hydrogens (tertiary/aromatic N) is 6. The number of carbonyl (C=O) groups excluding carboxylic acids is 4. The zero-order valence-electron chi connectivity index (χ0n) is 39.9. The summed E-state index contributed by atoms with van der Waals surface area (Å²) < 4.78 is 28.5. The van der Waals surface area contributed by atoms with Crippen molar-refractivity contribution in [3.8, 4) is 22.5 Å². The lowest BCUT2D eigenvalue weighted by Crippen LogP contribution is -2.62. The molecule has 0 aliphatic carbocycles. The van der Waals surface area contributed by atoms with Gasteiger partial charge < -0.3 is 34.9 Å². The van der Waals surface area contributed by atoms with E-state index in [2.05, 4.69) is 60.3 Å². The van der Waals surface area contributed by atoms with Crippen molar-refractivity contribution in [3.63, 3.8) is 0 Å². The van der Waals surface area contributed by atoms with Gasteiger partial charge in [-0.2, -0.15) is 81.0 Å². The Labute approximate surface area is 445 Å². The molecule has 6 atom stereocenters.